The van der Waals surface area contributed by atoms with E-state index in [1.165, 1.54) is 26.5 Å². The Hall–Kier alpha value is -2.75. The van der Waals surface area contributed by atoms with Gasteiger partial charge < -0.3 is 19.2 Å². The second-order valence-electron chi connectivity index (χ2n) is 5.37. The number of ether oxygens (including phenoxy) is 3. The molecule has 24 heavy (non-hydrogen) atoms. The number of aromatic nitrogens is 4. The quantitative estimate of drug-likeness (QED) is 0.767. The molecule has 0 radical (unpaired) electrons. The summed E-state index contributed by atoms with van der Waals surface area (Å²) >= 11 is 0. The summed E-state index contributed by atoms with van der Waals surface area (Å²) in [4.78, 5) is 44.6. The smallest absolute Gasteiger partial charge is 0.303 e. The fourth-order valence-electron chi connectivity index (χ4n) is 2.63. The first kappa shape index (κ1) is 16.1. The van der Waals surface area contributed by atoms with Gasteiger partial charge in [-0.05, 0) is 0 Å². The first-order valence-corrected chi connectivity index (χ1v) is 7.32. The van der Waals surface area contributed by atoms with E-state index in [0.717, 1.165) is 0 Å². The van der Waals surface area contributed by atoms with Crippen LogP contribution in [-0.4, -0.2) is 50.3 Å². The largest absolute Gasteiger partial charge is 0.463 e. The lowest BCUT2D eigenvalue weighted by molar-refractivity contribution is -0.155. The molecule has 1 saturated heterocycles. The first-order valence-electron chi connectivity index (χ1n) is 7.32. The van der Waals surface area contributed by atoms with Gasteiger partial charge in [-0.1, -0.05) is 0 Å². The van der Waals surface area contributed by atoms with Gasteiger partial charge in [0.15, 0.2) is 11.2 Å². The monoisotopic (exact) mass is 336 g/mol. The molecule has 3 rings (SSSR count). The highest BCUT2D eigenvalue weighted by atomic mass is 16.6. The van der Waals surface area contributed by atoms with Crippen LogP contribution in [0, 0.1) is 0 Å². The molecule has 1 fully saturated rings. The molecule has 0 spiro atoms. The fourth-order valence-corrected chi connectivity index (χ4v) is 2.63. The molecule has 0 aliphatic carbocycles. The summed E-state index contributed by atoms with van der Waals surface area (Å²) in [5.41, 5.74) is 0.191. The minimum absolute atomic E-state index is 0.0373. The van der Waals surface area contributed by atoms with Crippen molar-refractivity contribution in [2.45, 2.75) is 38.7 Å². The Labute approximate surface area is 135 Å². The summed E-state index contributed by atoms with van der Waals surface area (Å²) in [6, 6.07) is 0. The number of rotatable bonds is 4. The zero-order valence-corrected chi connectivity index (χ0v) is 13.1. The molecule has 0 unspecified atom stereocenters. The molecule has 3 atom stereocenters. The number of nitrogens with one attached hydrogen (secondary N) is 1. The molecule has 1 aliphatic heterocycles. The van der Waals surface area contributed by atoms with E-state index in [1.54, 1.807) is 4.57 Å². The Morgan fingerprint density at radius 2 is 2.17 bits per heavy atom. The SMILES string of the molecule is CC(=O)OC[C@H]1O[C@@H](n2cnc3c(=O)[nH]cnc32)C[C@H]1OC(C)=O. The van der Waals surface area contributed by atoms with Crippen LogP contribution in [0.25, 0.3) is 11.2 Å². The number of imidazole rings is 1. The van der Waals surface area contributed by atoms with Crippen molar-refractivity contribution in [3.05, 3.63) is 23.0 Å². The number of nitrogens with zero attached hydrogens (tertiary/aromatic N) is 3. The van der Waals surface area contributed by atoms with E-state index < -0.39 is 30.4 Å². The van der Waals surface area contributed by atoms with Gasteiger partial charge in [0.25, 0.3) is 5.56 Å². The summed E-state index contributed by atoms with van der Waals surface area (Å²) in [6.07, 6.45) is 1.31. The second-order valence-corrected chi connectivity index (χ2v) is 5.37. The zero-order chi connectivity index (χ0) is 17.3. The molecule has 128 valence electrons. The van der Waals surface area contributed by atoms with E-state index in [-0.39, 0.29) is 17.7 Å². The van der Waals surface area contributed by atoms with Gasteiger partial charge in [-0.25, -0.2) is 9.97 Å². The van der Waals surface area contributed by atoms with E-state index in [2.05, 4.69) is 15.0 Å². The summed E-state index contributed by atoms with van der Waals surface area (Å²) in [6.45, 7) is 2.54. The van der Waals surface area contributed by atoms with Crippen LogP contribution in [0.2, 0.25) is 0 Å². The number of fused-ring (bicyclic) bond motifs is 1. The fraction of sp³-hybridized carbons (Fsp3) is 0.500. The summed E-state index contributed by atoms with van der Waals surface area (Å²) < 4.78 is 17.6. The zero-order valence-electron chi connectivity index (χ0n) is 13.1. The molecule has 1 N–H and O–H groups in total. The van der Waals surface area contributed by atoms with E-state index in [4.69, 9.17) is 14.2 Å². The number of esters is 2. The van der Waals surface area contributed by atoms with Crippen molar-refractivity contribution in [3.8, 4) is 0 Å². The third-order valence-corrected chi connectivity index (χ3v) is 3.62. The number of aromatic amines is 1. The van der Waals surface area contributed by atoms with Crippen molar-refractivity contribution in [3.63, 3.8) is 0 Å². The lowest BCUT2D eigenvalue weighted by Gasteiger charge is -2.17. The topological polar surface area (TPSA) is 125 Å². The highest BCUT2D eigenvalue weighted by Crippen LogP contribution is 2.32. The lowest BCUT2D eigenvalue weighted by atomic mass is 10.2. The highest BCUT2D eigenvalue weighted by Gasteiger charge is 2.39. The van der Waals surface area contributed by atoms with Crippen molar-refractivity contribution < 1.29 is 23.8 Å². The van der Waals surface area contributed by atoms with Crippen LogP contribution in [-0.2, 0) is 23.8 Å². The second kappa shape index (κ2) is 6.40. The van der Waals surface area contributed by atoms with E-state index in [1.807, 2.05) is 0 Å². The van der Waals surface area contributed by atoms with Crippen molar-refractivity contribution >= 4 is 23.1 Å². The molecule has 1 aliphatic rings. The molecule has 0 amide bonds. The predicted octanol–water partition coefficient (Wildman–Crippen LogP) is -0.0981. The maximum absolute atomic E-state index is 11.7. The predicted molar refractivity (Wildman–Crippen MR) is 78.9 cm³/mol. The summed E-state index contributed by atoms with van der Waals surface area (Å²) in [5, 5.41) is 0. The van der Waals surface area contributed by atoms with Crippen LogP contribution in [0.1, 0.15) is 26.5 Å². The summed E-state index contributed by atoms with van der Waals surface area (Å²) in [5.74, 6) is -0.910. The van der Waals surface area contributed by atoms with Gasteiger partial charge in [0, 0.05) is 20.3 Å². The molecule has 3 heterocycles. The van der Waals surface area contributed by atoms with Crippen LogP contribution in [0.15, 0.2) is 17.4 Å². The Morgan fingerprint density at radius 1 is 1.38 bits per heavy atom. The lowest BCUT2D eigenvalue weighted by Crippen LogP contribution is -2.31. The van der Waals surface area contributed by atoms with Gasteiger partial charge in [-0.15, -0.1) is 0 Å². The Kier molecular flexibility index (Phi) is 4.30. The molecule has 0 bridgehead atoms. The number of carbonyl (C=O) groups excluding carboxylic acids is 2. The third-order valence-electron chi connectivity index (χ3n) is 3.62. The molecule has 0 aromatic carbocycles. The number of H-pyrrole nitrogens is 1. The molecule has 2 aromatic heterocycles. The van der Waals surface area contributed by atoms with Crippen LogP contribution in [0.3, 0.4) is 0 Å². The number of hydrogen-bond acceptors (Lipinski definition) is 8. The molecule has 10 heteroatoms. The normalized spacial score (nSPS) is 23.3. The van der Waals surface area contributed by atoms with E-state index in [9.17, 15) is 14.4 Å². The number of hydrogen-bond donors (Lipinski definition) is 1. The maximum Gasteiger partial charge on any atom is 0.303 e. The molecule has 2 aromatic rings. The van der Waals surface area contributed by atoms with E-state index >= 15 is 0 Å². The maximum atomic E-state index is 11.7. The minimum atomic E-state index is -0.609. The van der Waals surface area contributed by atoms with Gasteiger partial charge in [0.1, 0.15) is 25.0 Å². The Balaban J connectivity index is 1.85. The standard InChI is InChI=1S/C14H16N4O6/c1-7(19)22-4-10-9(23-8(2)20)3-11(24-10)18-6-17-12-13(18)15-5-16-14(12)21/h5-6,9-11H,3-4H2,1-2H3,(H,15,16,21)/t9-,10-,11-/m1/s1. The van der Waals surface area contributed by atoms with Crippen molar-refractivity contribution in [2.75, 3.05) is 6.61 Å². The van der Waals surface area contributed by atoms with Crippen LogP contribution >= 0.6 is 0 Å². The molecule has 10 nitrogen and oxygen atoms in total. The minimum Gasteiger partial charge on any atom is -0.463 e. The summed E-state index contributed by atoms with van der Waals surface area (Å²) in [7, 11) is 0. The van der Waals surface area contributed by atoms with Crippen LogP contribution in [0.5, 0.6) is 0 Å². The highest BCUT2D eigenvalue weighted by molar-refractivity contribution is 5.69. The average Bonchev–Trinajstić information content (AvgIpc) is 3.09. The van der Waals surface area contributed by atoms with Gasteiger partial charge in [0.2, 0.25) is 0 Å². The van der Waals surface area contributed by atoms with Crippen LogP contribution in [0.4, 0.5) is 0 Å². The Morgan fingerprint density at radius 3 is 2.88 bits per heavy atom. The van der Waals surface area contributed by atoms with Gasteiger partial charge in [0.05, 0.1) is 12.7 Å². The van der Waals surface area contributed by atoms with Crippen LogP contribution < -0.4 is 5.56 Å². The molecular formula is C14H16N4O6. The first-order chi connectivity index (χ1) is 11.5. The number of carbonyl (C=O) groups is 2. The molecular weight excluding hydrogens is 320 g/mol. The van der Waals surface area contributed by atoms with Crippen molar-refractivity contribution in [1.29, 1.82) is 0 Å². The molecule has 0 saturated carbocycles. The van der Waals surface area contributed by atoms with Crippen molar-refractivity contribution in [1.82, 2.24) is 19.5 Å². The van der Waals surface area contributed by atoms with Gasteiger partial charge in [-0.2, -0.15) is 0 Å². The third kappa shape index (κ3) is 3.13. The van der Waals surface area contributed by atoms with Gasteiger partial charge in [-0.3, -0.25) is 19.0 Å². The average molecular weight is 336 g/mol. The van der Waals surface area contributed by atoms with E-state index in [0.29, 0.717) is 12.1 Å². The Bertz CT molecular complexity index is 828. The van der Waals surface area contributed by atoms with Gasteiger partial charge >= 0.3 is 11.9 Å². The van der Waals surface area contributed by atoms with Crippen molar-refractivity contribution in [2.24, 2.45) is 0 Å².